The quantitative estimate of drug-likeness (QED) is 0.901. The number of hydrogen-bond donors (Lipinski definition) is 1. The average Bonchev–Trinajstić information content (AvgIpc) is 2.47. The SMILES string of the molecule is COc1cccc(C#N)c1NS(=O)(=O)c1ccccc1Br. The Morgan fingerprint density at radius 1 is 1.19 bits per heavy atom. The van der Waals surface area contributed by atoms with Crippen molar-refractivity contribution in [3.63, 3.8) is 0 Å². The Morgan fingerprint density at radius 3 is 2.52 bits per heavy atom. The first kappa shape index (κ1) is 15.4. The number of benzene rings is 2. The Bertz CT molecular complexity index is 813. The highest BCUT2D eigenvalue weighted by Gasteiger charge is 2.21. The number of ether oxygens (including phenoxy) is 1. The van der Waals surface area contributed by atoms with E-state index in [1.807, 2.05) is 6.07 Å². The van der Waals surface area contributed by atoms with Gasteiger partial charge in [-0.2, -0.15) is 5.26 Å². The predicted octanol–water partition coefficient (Wildman–Crippen LogP) is 3.13. The normalized spacial score (nSPS) is 10.7. The predicted molar refractivity (Wildman–Crippen MR) is 82.7 cm³/mol. The summed E-state index contributed by atoms with van der Waals surface area (Å²) in [4.78, 5) is 0.0831. The smallest absolute Gasteiger partial charge is 0.263 e. The standard InChI is InChI=1S/C14H11BrN2O3S/c1-20-12-7-4-5-10(9-16)14(12)17-21(18,19)13-8-3-2-6-11(13)15/h2-8,17H,1H3. The van der Waals surface area contributed by atoms with Gasteiger partial charge in [0.15, 0.2) is 0 Å². The fraction of sp³-hybridized carbons (Fsp3) is 0.0714. The second-order valence-corrected chi connectivity index (χ2v) is 6.54. The van der Waals surface area contributed by atoms with Crippen molar-refractivity contribution in [2.24, 2.45) is 0 Å². The first-order chi connectivity index (χ1) is 9.99. The minimum atomic E-state index is -3.84. The van der Waals surface area contributed by atoms with Crippen molar-refractivity contribution in [1.82, 2.24) is 0 Å². The highest BCUT2D eigenvalue weighted by Crippen LogP contribution is 2.31. The monoisotopic (exact) mass is 366 g/mol. The van der Waals surface area contributed by atoms with Gasteiger partial charge in [0.2, 0.25) is 0 Å². The number of halogens is 1. The van der Waals surface area contributed by atoms with Crippen molar-refractivity contribution < 1.29 is 13.2 Å². The molecule has 2 rings (SSSR count). The maximum Gasteiger partial charge on any atom is 0.263 e. The van der Waals surface area contributed by atoms with Gasteiger partial charge in [0.25, 0.3) is 10.0 Å². The molecule has 108 valence electrons. The van der Waals surface area contributed by atoms with Gasteiger partial charge in [-0.25, -0.2) is 8.42 Å². The molecular formula is C14H11BrN2O3S. The van der Waals surface area contributed by atoms with Crippen LogP contribution in [0.5, 0.6) is 5.75 Å². The molecule has 2 aromatic rings. The maximum atomic E-state index is 12.5. The zero-order chi connectivity index (χ0) is 15.5. The van der Waals surface area contributed by atoms with Gasteiger partial charge in [0, 0.05) is 4.47 Å². The Hall–Kier alpha value is -2.04. The number of methoxy groups -OCH3 is 1. The first-order valence-corrected chi connectivity index (χ1v) is 8.11. The number of hydrogen-bond acceptors (Lipinski definition) is 4. The highest BCUT2D eigenvalue weighted by molar-refractivity contribution is 9.10. The summed E-state index contributed by atoms with van der Waals surface area (Å²) in [5, 5.41) is 9.11. The largest absolute Gasteiger partial charge is 0.495 e. The van der Waals surface area contributed by atoms with Gasteiger partial charge in [0.1, 0.15) is 22.4 Å². The summed E-state index contributed by atoms with van der Waals surface area (Å²) in [6, 6.07) is 13.1. The molecule has 0 aliphatic carbocycles. The van der Waals surface area contributed by atoms with Crippen LogP contribution in [0.3, 0.4) is 0 Å². The van der Waals surface area contributed by atoms with Crippen molar-refractivity contribution in [3.8, 4) is 11.8 Å². The summed E-state index contributed by atoms with van der Waals surface area (Å²) in [5.74, 6) is 0.282. The number of nitrogens with one attached hydrogen (secondary N) is 1. The maximum absolute atomic E-state index is 12.5. The molecule has 0 saturated heterocycles. The van der Waals surface area contributed by atoms with E-state index in [1.165, 1.54) is 19.2 Å². The van der Waals surface area contributed by atoms with Crippen LogP contribution in [-0.2, 0) is 10.0 Å². The minimum absolute atomic E-state index is 0.0831. The van der Waals surface area contributed by atoms with Crippen molar-refractivity contribution in [2.75, 3.05) is 11.8 Å². The number of anilines is 1. The fourth-order valence-electron chi connectivity index (χ4n) is 1.75. The van der Waals surface area contributed by atoms with E-state index >= 15 is 0 Å². The third kappa shape index (κ3) is 3.17. The van der Waals surface area contributed by atoms with E-state index in [1.54, 1.807) is 30.3 Å². The van der Waals surface area contributed by atoms with E-state index in [0.29, 0.717) is 4.47 Å². The summed E-state index contributed by atoms with van der Waals surface area (Å²) in [7, 11) is -2.43. The van der Waals surface area contributed by atoms with Gasteiger partial charge in [0.05, 0.1) is 12.7 Å². The van der Waals surface area contributed by atoms with Gasteiger partial charge < -0.3 is 4.74 Å². The van der Waals surface area contributed by atoms with Crippen LogP contribution in [0.1, 0.15) is 5.56 Å². The van der Waals surface area contributed by atoms with Gasteiger partial charge in [-0.05, 0) is 40.2 Å². The molecule has 0 aromatic heterocycles. The summed E-state index contributed by atoms with van der Waals surface area (Å²) in [6.07, 6.45) is 0. The van der Waals surface area contributed by atoms with E-state index in [2.05, 4.69) is 20.7 Å². The lowest BCUT2D eigenvalue weighted by Crippen LogP contribution is -2.15. The first-order valence-electron chi connectivity index (χ1n) is 5.84. The fourth-order valence-corrected chi connectivity index (χ4v) is 3.85. The molecular weight excluding hydrogens is 356 g/mol. The molecule has 0 aliphatic heterocycles. The third-order valence-electron chi connectivity index (χ3n) is 2.73. The third-order valence-corrected chi connectivity index (χ3v) is 5.09. The second kappa shape index (κ2) is 6.16. The summed E-state index contributed by atoms with van der Waals surface area (Å²) in [5.41, 5.74) is 0.309. The number of nitriles is 1. The van der Waals surface area contributed by atoms with Crippen LogP contribution in [0.25, 0.3) is 0 Å². The molecule has 0 saturated carbocycles. The Balaban J connectivity index is 2.52. The highest BCUT2D eigenvalue weighted by atomic mass is 79.9. The molecule has 0 unspecified atom stereocenters. The molecule has 0 heterocycles. The minimum Gasteiger partial charge on any atom is -0.495 e. The molecule has 1 N–H and O–H groups in total. The molecule has 2 aromatic carbocycles. The van der Waals surface area contributed by atoms with Crippen LogP contribution < -0.4 is 9.46 Å². The van der Waals surface area contributed by atoms with Gasteiger partial charge >= 0.3 is 0 Å². The lowest BCUT2D eigenvalue weighted by molar-refractivity contribution is 0.416. The van der Waals surface area contributed by atoms with Crippen molar-refractivity contribution in [2.45, 2.75) is 4.90 Å². The lowest BCUT2D eigenvalue weighted by atomic mass is 10.2. The number of rotatable bonds is 4. The Labute approximate surface area is 131 Å². The average molecular weight is 367 g/mol. The summed E-state index contributed by atoms with van der Waals surface area (Å²) in [6.45, 7) is 0. The topological polar surface area (TPSA) is 79.2 Å². The zero-order valence-electron chi connectivity index (χ0n) is 11.0. The zero-order valence-corrected chi connectivity index (χ0v) is 13.4. The van der Waals surface area contributed by atoms with Gasteiger partial charge in [-0.1, -0.05) is 18.2 Å². The summed E-state index contributed by atoms with van der Waals surface area (Å²) < 4.78 is 32.9. The van der Waals surface area contributed by atoms with Crippen molar-refractivity contribution >= 4 is 31.6 Å². The van der Waals surface area contributed by atoms with Gasteiger partial charge in [-0.15, -0.1) is 0 Å². The molecule has 21 heavy (non-hydrogen) atoms. The van der Waals surface area contributed by atoms with Crippen LogP contribution in [0, 0.1) is 11.3 Å². The summed E-state index contributed by atoms with van der Waals surface area (Å²) >= 11 is 3.20. The molecule has 0 spiro atoms. The van der Waals surface area contributed by atoms with E-state index in [0.717, 1.165) is 0 Å². The van der Waals surface area contributed by atoms with E-state index in [-0.39, 0.29) is 21.9 Å². The van der Waals surface area contributed by atoms with Crippen LogP contribution in [-0.4, -0.2) is 15.5 Å². The van der Waals surface area contributed by atoms with Crippen LogP contribution >= 0.6 is 15.9 Å². The second-order valence-electron chi connectivity index (χ2n) is 4.03. The molecule has 7 heteroatoms. The molecule has 0 amide bonds. The van der Waals surface area contributed by atoms with Crippen LogP contribution in [0.2, 0.25) is 0 Å². The van der Waals surface area contributed by atoms with Crippen LogP contribution in [0.4, 0.5) is 5.69 Å². The number of sulfonamides is 1. The van der Waals surface area contributed by atoms with Gasteiger partial charge in [-0.3, -0.25) is 4.72 Å². The van der Waals surface area contributed by atoms with Crippen molar-refractivity contribution in [3.05, 3.63) is 52.5 Å². The Morgan fingerprint density at radius 2 is 1.90 bits per heavy atom. The number of para-hydroxylation sites is 1. The molecule has 0 atom stereocenters. The lowest BCUT2D eigenvalue weighted by Gasteiger charge is -2.13. The van der Waals surface area contributed by atoms with E-state index < -0.39 is 10.0 Å². The molecule has 0 fully saturated rings. The van der Waals surface area contributed by atoms with E-state index in [4.69, 9.17) is 10.00 Å². The Kier molecular flexibility index (Phi) is 4.50. The molecule has 0 aliphatic rings. The molecule has 5 nitrogen and oxygen atoms in total. The van der Waals surface area contributed by atoms with E-state index in [9.17, 15) is 8.42 Å². The van der Waals surface area contributed by atoms with Crippen LogP contribution in [0.15, 0.2) is 51.8 Å². The molecule has 0 bridgehead atoms. The van der Waals surface area contributed by atoms with Crippen molar-refractivity contribution in [1.29, 1.82) is 5.26 Å². The number of nitrogens with zero attached hydrogens (tertiary/aromatic N) is 1. The molecule has 0 radical (unpaired) electrons.